The van der Waals surface area contributed by atoms with Crippen molar-refractivity contribution in [3.8, 4) is 56.4 Å². The number of aromatic nitrogens is 3. The summed E-state index contributed by atoms with van der Waals surface area (Å²) in [6, 6.07) is 60.4. The van der Waals surface area contributed by atoms with Crippen LogP contribution >= 0.6 is 0 Å². The molecule has 0 amide bonds. The Morgan fingerprint density at radius 1 is 0.278 bits per heavy atom. The number of furan rings is 2. The lowest BCUT2D eigenvalue weighted by atomic mass is 9.90. The second-order valence-electron chi connectivity index (χ2n) is 13.5. The van der Waals surface area contributed by atoms with E-state index in [0.29, 0.717) is 17.5 Å². The van der Waals surface area contributed by atoms with E-state index >= 15 is 0 Å². The van der Waals surface area contributed by atoms with Gasteiger partial charge in [0.1, 0.15) is 22.3 Å². The molecule has 11 aromatic rings. The number of rotatable bonds is 5. The summed E-state index contributed by atoms with van der Waals surface area (Å²) in [5.74, 6) is 1.80. The van der Waals surface area contributed by atoms with Crippen LogP contribution in [0.15, 0.2) is 185 Å². The van der Waals surface area contributed by atoms with Crippen molar-refractivity contribution in [1.82, 2.24) is 15.0 Å². The van der Waals surface area contributed by atoms with E-state index in [9.17, 15) is 0 Å². The van der Waals surface area contributed by atoms with Crippen LogP contribution in [0.2, 0.25) is 0 Å². The largest absolute Gasteiger partial charge is 0.456 e. The van der Waals surface area contributed by atoms with Gasteiger partial charge in [0.15, 0.2) is 17.5 Å². The highest BCUT2D eigenvalue weighted by atomic mass is 16.3. The van der Waals surface area contributed by atoms with E-state index in [4.69, 9.17) is 23.8 Å². The van der Waals surface area contributed by atoms with Gasteiger partial charge in [0.05, 0.1) is 0 Å². The third-order valence-electron chi connectivity index (χ3n) is 10.4. The molecule has 0 aliphatic heterocycles. The second-order valence-corrected chi connectivity index (χ2v) is 13.5. The summed E-state index contributed by atoms with van der Waals surface area (Å²) in [6.07, 6.45) is 0. The molecular weight excluding hydrogens is 663 g/mol. The molecule has 3 aromatic heterocycles. The average molecular weight is 692 g/mol. The Morgan fingerprint density at radius 3 is 1.48 bits per heavy atom. The SMILES string of the molecule is c1ccc(-c2cc(-c3ccc(-c4nc(-c5ccccc5)nc(-c5cccc6oc7ccccc7c56)n4)c4ccccc34)c3c(c2)oc2ccccc23)cc1. The molecule has 0 bridgehead atoms. The molecule has 0 aliphatic carbocycles. The fraction of sp³-hybridized carbons (Fsp3) is 0. The number of fused-ring (bicyclic) bond motifs is 7. The molecule has 0 radical (unpaired) electrons. The Morgan fingerprint density at radius 2 is 0.778 bits per heavy atom. The number of hydrogen-bond donors (Lipinski definition) is 0. The molecule has 0 aliphatic rings. The summed E-state index contributed by atoms with van der Waals surface area (Å²) >= 11 is 0. The monoisotopic (exact) mass is 691 g/mol. The minimum absolute atomic E-state index is 0.589. The summed E-state index contributed by atoms with van der Waals surface area (Å²) in [7, 11) is 0. The fourth-order valence-corrected chi connectivity index (χ4v) is 7.89. The number of para-hydroxylation sites is 2. The second kappa shape index (κ2) is 12.1. The molecule has 5 nitrogen and oxygen atoms in total. The van der Waals surface area contributed by atoms with Gasteiger partial charge in [-0.25, -0.2) is 15.0 Å². The summed E-state index contributed by atoms with van der Waals surface area (Å²) in [5.41, 5.74) is 10.5. The van der Waals surface area contributed by atoms with Crippen LogP contribution in [-0.4, -0.2) is 15.0 Å². The summed E-state index contributed by atoms with van der Waals surface area (Å²) in [6.45, 7) is 0. The lowest BCUT2D eigenvalue weighted by molar-refractivity contribution is 0.668. The van der Waals surface area contributed by atoms with Crippen LogP contribution in [0.3, 0.4) is 0 Å². The minimum Gasteiger partial charge on any atom is -0.456 e. The molecule has 252 valence electrons. The van der Waals surface area contributed by atoms with Gasteiger partial charge in [-0.1, -0.05) is 140 Å². The van der Waals surface area contributed by atoms with Crippen molar-refractivity contribution in [3.63, 3.8) is 0 Å². The zero-order valence-corrected chi connectivity index (χ0v) is 28.9. The molecule has 54 heavy (non-hydrogen) atoms. The van der Waals surface area contributed by atoms with Gasteiger partial charge in [0.2, 0.25) is 0 Å². The molecule has 0 N–H and O–H groups in total. The molecule has 8 aromatic carbocycles. The number of hydrogen-bond acceptors (Lipinski definition) is 5. The zero-order chi connectivity index (χ0) is 35.6. The predicted molar refractivity (Wildman–Crippen MR) is 219 cm³/mol. The Hall–Kier alpha value is -7.37. The first-order chi connectivity index (χ1) is 26.8. The van der Waals surface area contributed by atoms with Gasteiger partial charge in [0, 0.05) is 38.2 Å². The van der Waals surface area contributed by atoms with Gasteiger partial charge in [-0.15, -0.1) is 0 Å². The van der Waals surface area contributed by atoms with Crippen LogP contribution in [0, 0.1) is 0 Å². The molecule has 0 fully saturated rings. The van der Waals surface area contributed by atoms with E-state index in [-0.39, 0.29) is 0 Å². The van der Waals surface area contributed by atoms with E-state index in [0.717, 1.165) is 93.6 Å². The van der Waals surface area contributed by atoms with Crippen molar-refractivity contribution in [2.45, 2.75) is 0 Å². The van der Waals surface area contributed by atoms with Crippen molar-refractivity contribution >= 4 is 54.6 Å². The third-order valence-corrected chi connectivity index (χ3v) is 10.4. The van der Waals surface area contributed by atoms with Gasteiger partial charge in [0.25, 0.3) is 0 Å². The van der Waals surface area contributed by atoms with E-state index < -0.39 is 0 Å². The normalized spacial score (nSPS) is 11.7. The zero-order valence-electron chi connectivity index (χ0n) is 28.9. The lowest BCUT2D eigenvalue weighted by Crippen LogP contribution is -2.01. The highest BCUT2D eigenvalue weighted by Crippen LogP contribution is 2.44. The van der Waals surface area contributed by atoms with Crippen LogP contribution in [-0.2, 0) is 0 Å². The molecule has 5 heteroatoms. The van der Waals surface area contributed by atoms with Crippen molar-refractivity contribution < 1.29 is 8.83 Å². The van der Waals surface area contributed by atoms with Crippen molar-refractivity contribution in [3.05, 3.63) is 176 Å². The topological polar surface area (TPSA) is 65.0 Å². The van der Waals surface area contributed by atoms with Gasteiger partial charge in [-0.05, 0) is 69.4 Å². The molecule has 0 atom stereocenters. The maximum Gasteiger partial charge on any atom is 0.164 e. The molecule has 0 spiro atoms. The highest BCUT2D eigenvalue weighted by molar-refractivity contribution is 6.17. The highest BCUT2D eigenvalue weighted by Gasteiger charge is 2.21. The van der Waals surface area contributed by atoms with Crippen molar-refractivity contribution in [2.24, 2.45) is 0 Å². The molecule has 0 saturated heterocycles. The van der Waals surface area contributed by atoms with Gasteiger partial charge < -0.3 is 8.83 Å². The Labute approximate surface area is 309 Å². The quantitative estimate of drug-likeness (QED) is 0.180. The summed E-state index contributed by atoms with van der Waals surface area (Å²) < 4.78 is 12.8. The van der Waals surface area contributed by atoms with Crippen LogP contribution in [0.5, 0.6) is 0 Å². The predicted octanol–water partition coefficient (Wildman–Crippen LogP) is 13.2. The van der Waals surface area contributed by atoms with Gasteiger partial charge >= 0.3 is 0 Å². The van der Waals surface area contributed by atoms with Crippen LogP contribution < -0.4 is 0 Å². The van der Waals surface area contributed by atoms with E-state index in [1.807, 2.05) is 78.9 Å². The fourth-order valence-electron chi connectivity index (χ4n) is 7.89. The number of nitrogens with zero attached hydrogens (tertiary/aromatic N) is 3. The number of benzene rings is 8. The minimum atomic E-state index is 0.589. The van der Waals surface area contributed by atoms with Gasteiger partial charge in [-0.2, -0.15) is 0 Å². The van der Waals surface area contributed by atoms with Crippen molar-refractivity contribution in [1.29, 1.82) is 0 Å². The first kappa shape index (κ1) is 30.3. The summed E-state index contributed by atoms with van der Waals surface area (Å²) in [4.78, 5) is 15.5. The smallest absolute Gasteiger partial charge is 0.164 e. The van der Waals surface area contributed by atoms with Gasteiger partial charge in [-0.3, -0.25) is 0 Å². The maximum absolute atomic E-state index is 6.51. The Kier molecular flexibility index (Phi) is 6.79. The van der Waals surface area contributed by atoms with Crippen LogP contribution in [0.25, 0.3) is 111 Å². The third kappa shape index (κ3) is 4.83. The molecular formula is C49H29N3O2. The first-order valence-corrected chi connectivity index (χ1v) is 18.0. The lowest BCUT2D eigenvalue weighted by Gasteiger charge is -2.15. The summed E-state index contributed by atoms with van der Waals surface area (Å²) in [5, 5.41) is 6.33. The average Bonchev–Trinajstić information content (AvgIpc) is 3.82. The molecule has 3 heterocycles. The van der Waals surface area contributed by atoms with E-state index in [1.54, 1.807) is 0 Å². The molecule has 0 saturated carbocycles. The standard InChI is InChI=1S/C49H29N3O2/c1-3-14-30(15-4-1)32-28-40(46-38-21-10-12-24-42(38)54-44(46)29-32)35-26-27-36(34-19-8-7-18-33(34)35)48-50-47(31-16-5-2-6-17-31)51-49(52-48)39-22-13-25-43-45(39)37-20-9-11-23-41(37)53-43/h1-29H. The maximum atomic E-state index is 6.51. The van der Waals surface area contributed by atoms with Crippen LogP contribution in [0.4, 0.5) is 0 Å². The molecule has 11 rings (SSSR count). The van der Waals surface area contributed by atoms with Crippen molar-refractivity contribution in [2.75, 3.05) is 0 Å². The first-order valence-electron chi connectivity index (χ1n) is 18.0. The van der Waals surface area contributed by atoms with Crippen LogP contribution in [0.1, 0.15) is 0 Å². The Balaban J connectivity index is 1.17. The van der Waals surface area contributed by atoms with E-state index in [1.165, 1.54) is 0 Å². The Bertz CT molecular complexity index is 3220. The van der Waals surface area contributed by atoms with E-state index in [2.05, 4.69) is 97.1 Å². The molecule has 0 unspecified atom stereocenters.